The maximum absolute atomic E-state index is 10.9. The van der Waals surface area contributed by atoms with Crippen molar-refractivity contribution in [2.75, 3.05) is 18.8 Å². The van der Waals surface area contributed by atoms with Gasteiger partial charge in [-0.05, 0) is 47.9 Å². The van der Waals surface area contributed by atoms with Crippen molar-refractivity contribution in [1.82, 2.24) is 5.06 Å². The summed E-state index contributed by atoms with van der Waals surface area (Å²) in [5, 5.41) is 20.1. The Kier molecular flexibility index (Phi) is 5.96. The van der Waals surface area contributed by atoms with E-state index in [2.05, 4.69) is 0 Å². The van der Waals surface area contributed by atoms with Crippen LogP contribution in [0.3, 0.4) is 0 Å². The summed E-state index contributed by atoms with van der Waals surface area (Å²) in [5.41, 5.74) is 6.19. The number of fused-ring (bicyclic) bond motifs is 1. The maximum Gasteiger partial charge on any atom is 0.306 e. The average Bonchev–Trinajstić information content (AvgIpc) is 2.54. The molecule has 136 valence electrons. The minimum absolute atomic E-state index is 0.111. The van der Waals surface area contributed by atoms with Gasteiger partial charge in [0.2, 0.25) is 0 Å². The number of carbonyl (C=O) groups is 1. The van der Waals surface area contributed by atoms with Crippen LogP contribution in [0.5, 0.6) is 0 Å². The molecule has 1 fully saturated rings. The number of hydrogen-bond acceptors (Lipinski definition) is 6. The minimum Gasteiger partial charge on any atom is -0.481 e. The van der Waals surface area contributed by atoms with Crippen LogP contribution in [0.2, 0.25) is 0 Å². The first-order chi connectivity index (χ1) is 11.7. The Hall–Kier alpha value is -2.20. The van der Waals surface area contributed by atoms with Gasteiger partial charge in [-0.2, -0.15) is 13.5 Å². The molecule has 0 atom stereocenters. The number of hydrogen-bond donors (Lipinski definition) is 4. The summed E-state index contributed by atoms with van der Waals surface area (Å²) in [4.78, 5) is 10.2. The third kappa shape index (κ3) is 5.40. The van der Waals surface area contributed by atoms with E-state index in [9.17, 15) is 13.2 Å². The molecule has 1 aliphatic heterocycles. The molecule has 1 aliphatic rings. The van der Waals surface area contributed by atoms with Gasteiger partial charge in [-0.1, -0.05) is 12.1 Å². The second-order valence-electron chi connectivity index (χ2n) is 5.81. The number of aliphatic carboxylic acids is 1. The lowest BCUT2D eigenvalue weighted by molar-refractivity contribution is -0.150. The molecule has 9 heteroatoms. The fourth-order valence-corrected chi connectivity index (χ4v) is 3.03. The Morgan fingerprint density at radius 2 is 1.64 bits per heavy atom. The number of anilines is 1. The number of carboxylic acids is 1. The maximum atomic E-state index is 10.9. The van der Waals surface area contributed by atoms with Crippen molar-refractivity contribution in [2.24, 2.45) is 5.92 Å². The van der Waals surface area contributed by atoms with Crippen molar-refractivity contribution in [2.45, 2.75) is 17.7 Å². The number of rotatable bonds is 2. The number of nitrogens with two attached hydrogens (primary N) is 1. The highest BCUT2D eigenvalue weighted by atomic mass is 32.2. The molecule has 0 amide bonds. The summed E-state index contributed by atoms with van der Waals surface area (Å²) in [6.07, 6.45) is 1.12. The predicted molar refractivity (Wildman–Crippen MR) is 91.9 cm³/mol. The summed E-state index contributed by atoms with van der Waals surface area (Å²) in [7, 11) is -4.14. The first-order valence-electron chi connectivity index (χ1n) is 7.60. The van der Waals surface area contributed by atoms with E-state index in [0.29, 0.717) is 31.6 Å². The van der Waals surface area contributed by atoms with Gasteiger partial charge in [0.25, 0.3) is 10.1 Å². The van der Waals surface area contributed by atoms with Gasteiger partial charge < -0.3 is 16.0 Å². The lowest BCUT2D eigenvalue weighted by atomic mass is 9.98. The van der Waals surface area contributed by atoms with Crippen molar-refractivity contribution < 1.29 is 28.1 Å². The van der Waals surface area contributed by atoms with E-state index in [1.165, 1.54) is 17.2 Å². The van der Waals surface area contributed by atoms with Gasteiger partial charge in [0.1, 0.15) is 0 Å². The highest BCUT2D eigenvalue weighted by molar-refractivity contribution is 7.85. The van der Waals surface area contributed by atoms with Crippen molar-refractivity contribution >= 4 is 32.5 Å². The first-order valence-corrected chi connectivity index (χ1v) is 9.04. The van der Waals surface area contributed by atoms with E-state index in [-0.39, 0.29) is 10.8 Å². The Morgan fingerprint density at radius 3 is 2.20 bits per heavy atom. The Morgan fingerprint density at radius 1 is 1.08 bits per heavy atom. The molecule has 2 aromatic carbocycles. The molecule has 0 bridgehead atoms. The van der Waals surface area contributed by atoms with E-state index < -0.39 is 16.1 Å². The lowest BCUT2D eigenvalue weighted by Gasteiger charge is -2.24. The van der Waals surface area contributed by atoms with Gasteiger partial charge in [0.15, 0.2) is 0 Å². The van der Waals surface area contributed by atoms with Crippen LogP contribution in [0, 0.1) is 5.92 Å². The molecule has 1 saturated heterocycles. The molecule has 0 unspecified atom stereocenters. The Balaban J connectivity index is 0.000000196. The summed E-state index contributed by atoms with van der Waals surface area (Å²) in [6.45, 7) is 0.966. The van der Waals surface area contributed by atoms with Crippen LogP contribution in [-0.2, 0) is 14.9 Å². The molecule has 0 radical (unpaired) electrons. The molecule has 0 saturated carbocycles. The zero-order chi connectivity index (χ0) is 18.6. The van der Waals surface area contributed by atoms with Crippen molar-refractivity contribution in [3.8, 4) is 0 Å². The van der Waals surface area contributed by atoms with Gasteiger partial charge in [0.05, 0.1) is 10.8 Å². The van der Waals surface area contributed by atoms with Gasteiger partial charge in [-0.25, -0.2) is 0 Å². The normalized spacial score (nSPS) is 16.2. The number of nitrogens with zero attached hydrogens (tertiary/aromatic N) is 1. The first kappa shape index (κ1) is 19.1. The fourth-order valence-electron chi connectivity index (χ4n) is 2.52. The molecular weight excluding hydrogens is 348 g/mol. The summed E-state index contributed by atoms with van der Waals surface area (Å²) in [6, 6.07) is 9.48. The molecular formula is C16H20N2O6S. The van der Waals surface area contributed by atoms with Crippen LogP contribution in [-0.4, -0.2) is 47.4 Å². The van der Waals surface area contributed by atoms with Crippen LogP contribution < -0.4 is 5.73 Å². The zero-order valence-electron chi connectivity index (χ0n) is 13.4. The SMILES string of the molecule is Nc1ccc2cc(S(=O)(=O)O)ccc2c1.O=C(O)C1CCN(O)CC1. The van der Waals surface area contributed by atoms with Gasteiger partial charge in [-0.15, -0.1) is 0 Å². The Labute approximate surface area is 145 Å². The lowest BCUT2D eigenvalue weighted by Crippen LogP contribution is -2.33. The Bertz CT molecular complexity index is 860. The molecule has 3 rings (SSSR count). The number of hydroxylamine groups is 2. The molecule has 0 aliphatic carbocycles. The second-order valence-corrected chi connectivity index (χ2v) is 7.23. The molecule has 0 spiro atoms. The van der Waals surface area contributed by atoms with Gasteiger partial charge >= 0.3 is 5.97 Å². The van der Waals surface area contributed by atoms with Crippen molar-refractivity contribution in [3.63, 3.8) is 0 Å². The summed E-state index contributed by atoms with van der Waals surface area (Å²) in [5.74, 6) is -0.989. The highest BCUT2D eigenvalue weighted by Gasteiger charge is 2.23. The quantitative estimate of drug-likeness (QED) is 0.465. The zero-order valence-corrected chi connectivity index (χ0v) is 14.2. The number of carboxylic acid groups (broad SMARTS) is 1. The smallest absolute Gasteiger partial charge is 0.306 e. The van der Waals surface area contributed by atoms with Crippen LogP contribution in [0.25, 0.3) is 10.8 Å². The van der Waals surface area contributed by atoms with Crippen molar-refractivity contribution in [3.05, 3.63) is 36.4 Å². The standard InChI is InChI=1S/C10H9NO3S.C6H11NO3/c11-9-3-1-8-6-10(15(12,13)14)4-2-7(8)5-9;8-6(9)5-1-3-7(10)4-2-5/h1-6H,11H2,(H,12,13,14);5,10H,1-4H2,(H,8,9). The van der Waals surface area contributed by atoms with Gasteiger partial charge in [-0.3, -0.25) is 9.35 Å². The molecule has 2 aromatic rings. The number of piperidine rings is 1. The largest absolute Gasteiger partial charge is 0.481 e. The van der Waals surface area contributed by atoms with E-state index >= 15 is 0 Å². The van der Waals surface area contributed by atoms with Crippen molar-refractivity contribution in [1.29, 1.82) is 0 Å². The third-order valence-electron chi connectivity index (χ3n) is 3.95. The third-order valence-corrected chi connectivity index (χ3v) is 4.80. The predicted octanol–water partition coefficient (Wildman–Crippen LogP) is 1.84. The van der Waals surface area contributed by atoms with Crippen LogP contribution in [0.4, 0.5) is 5.69 Å². The second kappa shape index (κ2) is 7.79. The van der Waals surface area contributed by atoms with Gasteiger partial charge in [0, 0.05) is 18.8 Å². The molecule has 8 nitrogen and oxygen atoms in total. The van der Waals surface area contributed by atoms with E-state index in [0.717, 1.165) is 10.8 Å². The van der Waals surface area contributed by atoms with E-state index in [1.54, 1.807) is 24.3 Å². The monoisotopic (exact) mass is 368 g/mol. The average molecular weight is 368 g/mol. The highest BCUT2D eigenvalue weighted by Crippen LogP contribution is 2.21. The van der Waals surface area contributed by atoms with E-state index in [4.69, 9.17) is 20.6 Å². The molecule has 25 heavy (non-hydrogen) atoms. The van der Waals surface area contributed by atoms with Crippen LogP contribution in [0.1, 0.15) is 12.8 Å². The molecule has 5 N–H and O–H groups in total. The van der Waals surface area contributed by atoms with E-state index in [1.807, 2.05) is 0 Å². The van der Waals surface area contributed by atoms with Crippen LogP contribution >= 0.6 is 0 Å². The number of nitrogen functional groups attached to an aromatic ring is 1. The number of benzene rings is 2. The molecule has 0 aromatic heterocycles. The minimum atomic E-state index is -4.14. The fraction of sp³-hybridized carbons (Fsp3) is 0.312. The van der Waals surface area contributed by atoms with Crippen LogP contribution in [0.15, 0.2) is 41.3 Å². The topological polar surface area (TPSA) is 141 Å². The summed E-state index contributed by atoms with van der Waals surface area (Å²) >= 11 is 0. The molecule has 1 heterocycles. The summed E-state index contributed by atoms with van der Waals surface area (Å²) < 4.78 is 30.6.